The third-order valence-corrected chi connectivity index (χ3v) is 3.04. The molecule has 0 unspecified atom stereocenters. The number of benzene rings is 2. The second-order valence-corrected chi connectivity index (χ2v) is 4.43. The first-order valence-electron chi connectivity index (χ1n) is 6.46. The predicted octanol–water partition coefficient (Wildman–Crippen LogP) is 2.69. The van der Waals surface area contributed by atoms with Crippen LogP contribution in [0.5, 0.6) is 5.75 Å². The number of hydrogen-bond acceptors (Lipinski definition) is 3. The van der Waals surface area contributed by atoms with Crippen LogP contribution in [0.3, 0.4) is 0 Å². The highest BCUT2D eigenvalue weighted by Crippen LogP contribution is 2.23. The van der Waals surface area contributed by atoms with Crippen LogP contribution in [0.4, 0.5) is 0 Å². The van der Waals surface area contributed by atoms with Crippen LogP contribution in [-0.4, -0.2) is 13.0 Å². The van der Waals surface area contributed by atoms with E-state index in [1.165, 1.54) is 0 Å². The van der Waals surface area contributed by atoms with Crippen molar-refractivity contribution in [1.82, 2.24) is 10.9 Å². The van der Waals surface area contributed by atoms with Crippen LogP contribution in [0.15, 0.2) is 54.6 Å². The molecule has 0 aliphatic heterocycles. The summed E-state index contributed by atoms with van der Waals surface area (Å²) in [5.41, 5.74) is 7.30. The Hall–Kier alpha value is -2.33. The van der Waals surface area contributed by atoms with Crippen molar-refractivity contribution in [1.29, 1.82) is 0 Å². The van der Waals surface area contributed by atoms with E-state index in [0.29, 0.717) is 5.56 Å². The highest BCUT2D eigenvalue weighted by atomic mass is 16.5. The molecule has 2 aromatic rings. The normalized spacial score (nSPS) is 11.7. The minimum atomic E-state index is -0.160. The second kappa shape index (κ2) is 6.73. The van der Waals surface area contributed by atoms with Gasteiger partial charge in [-0.3, -0.25) is 10.2 Å². The first kappa shape index (κ1) is 14.1. The molecule has 1 amide bonds. The monoisotopic (exact) mass is 270 g/mol. The number of hydrazine groups is 1. The maximum Gasteiger partial charge on any atom is 0.265 e. The topological polar surface area (TPSA) is 50.4 Å². The molecule has 4 nitrogen and oxygen atoms in total. The van der Waals surface area contributed by atoms with Crippen LogP contribution in [0.2, 0.25) is 0 Å². The van der Waals surface area contributed by atoms with Gasteiger partial charge in [-0.25, -0.2) is 5.43 Å². The first-order chi connectivity index (χ1) is 9.72. The Morgan fingerprint density at radius 2 is 1.70 bits per heavy atom. The van der Waals surface area contributed by atoms with E-state index in [1.807, 2.05) is 49.4 Å². The molecule has 4 heteroatoms. The average molecular weight is 270 g/mol. The van der Waals surface area contributed by atoms with Crippen LogP contribution < -0.4 is 15.6 Å². The Bertz CT molecular complexity index is 570. The highest BCUT2D eigenvalue weighted by molar-refractivity contribution is 5.93. The van der Waals surface area contributed by atoms with Gasteiger partial charge in [-0.05, 0) is 25.1 Å². The van der Waals surface area contributed by atoms with Gasteiger partial charge in [0.05, 0.1) is 13.2 Å². The van der Waals surface area contributed by atoms with E-state index >= 15 is 0 Å². The molecule has 0 spiro atoms. The molecule has 1 atom stereocenters. The van der Waals surface area contributed by atoms with Crippen molar-refractivity contribution in [2.45, 2.75) is 13.0 Å². The van der Waals surface area contributed by atoms with E-state index in [2.05, 4.69) is 10.9 Å². The van der Waals surface area contributed by atoms with Gasteiger partial charge >= 0.3 is 0 Å². The number of carbonyl (C=O) groups is 1. The summed E-state index contributed by atoms with van der Waals surface area (Å²) < 4.78 is 5.31. The number of carbonyl (C=O) groups excluding carboxylic acids is 1. The molecule has 0 heterocycles. The zero-order valence-corrected chi connectivity index (χ0v) is 11.6. The number of para-hydroxylation sites is 1. The van der Waals surface area contributed by atoms with E-state index < -0.39 is 0 Å². The van der Waals surface area contributed by atoms with Crippen molar-refractivity contribution < 1.29 is 9.53 Å². The van der Waals surface area contributed by atoms with Crippen molar-refractivity contribution in [3.05, 3.63) is 65.7 Å². The van der Waals surface area contributed by atoms with E-state index in [4.69, 9.17) is 4.74 Å². The maximum atomic E-state index is 11.9. The molecular weight excluding hydrogens is 252 g/mol. The quantitative estimate of drug-likeness (QED) is 0.821. The lowest BCUT2D eigenvalue weighted by atomic mass is 10.1. The van der Waals surface area contributed by atoms with Gasteiger partial charge in [-0.2, -0.15) is 0 Å². The summed E-state index contributed by atoms with van der Waals surface area (Å²) in [7, 11) is 1.63. The Kier molecular flexibility index (Phi) is 4.74. The third-order valence-electron chi connectivity index (χ3n) is 3.04. The number of ether oxygens (including phenoxy) is 1. The molecule has 2 aromatic carbocycles. The third kappa shape index (κ3) is 3.36. The van der Waals surface area contributed by atoms with Gasteiger partial charge in [0, 0.05) is 11.1 Å². The lowest BCUT2D eigenvalue weighted by molar-refractivity contribution is 0.0926. The standard InChI is InChI=1S/C16H18N2O2/c1-12(14-10-6-7-11-15(14)20-2)17-18-16(19)13-8-4-3-5-9-13/h3-12,17H,1-2H3,(H,18,19)/t12-/m1/s1. The lowest BCUT2D eigenvalue weighted by Crippen LogP contribution is -2.39. The molecule has 0 aliphatic carbocycles. The van der Waals surface area contributed by atoms with Crippen LogP contribution in [0.25, 0.3) is 0 Å². The summed E-state index contributed by atoms with van der Waals surface area (Å²) in [4.78, 5) is 11.9. The first-order valence-corrected chi connectivity index (χ1v) is 6.46. The van der Waals surface area contributed by atoms with E-state index in [-0.39, 0.29) is 11.9 Å². The minimum absolute atomic E-state index is 0.0567. The number of rotatable bonds is 5. The van der Waals surface area contributed by atoms with Gasteiger partial charge in [0.25, 0.3) is 5.91 Å². The number of hydrogen-bond donors (Lipinski definition) is 2. The summed E-state index contributed by atoms with van der Waals surface area (Å²) in [5, 5.41) is 0. The summed E-state index contributed by atoms with van der Waals surface area (Å²) >= 11 is 0. The molecule has 104 valence electrons. The fourth-order valence-electron chi connectivity index (χ4n) is 1.94. The van der Waals surface area contributed by atoms with Crippen LogP contribution >= 0.6 is 0 Å². The Morgan fingerprint density at radius 3 is 2.40 bits per heavy atom. The fourth-order valence-corrected chi connectivity index (χ4v) is 1.94. The van der Waals surface area contributed by atoms with E-state index in [9.17, 15) is 4.79 Å². The molecule has 0 bridgehead atoms. The summed E-state index contributed by atoms with van der Waals surface area (Å²) in [5.74, 6) is 0.633. The molecule has 0 fully saturated rings. The van der Waals surface area contributed by atoms with Crippen LogP contribution in [0.1, 0.15) is 28.9 Å². The smallest absolute Gasteiger partial charge is 0.265 e. The van der Waals surface area contributed by atoms with Gasteiger partial charge in [-0.15, -0.1) is 0 Å². The van der Waals surface area contributed by atoms with Gasteiger partial charge in [0.15, 0.2) is 0 Å². The zero-order valence-electron chi connectivity index (χ0n) is 11.6. The fraction of sp³-hybridized carbons (Fsp3) is 0.188. The van der Waals surface area contributed by atoms with Crippen molar-refractivity contribution in [2.75, 3.05) is 7.11 Å². The maximum absolute atomic E-state index is 11.9. The molecule has 0 aliphatic rings. The predicted molar refractivity (Wildman–Crippen MR) is 78.5 cm³/mol. The van der Waals surface area contributed by atoms with Gasteiger partial charge in [0.1, 0.15) is 5.75 Å². The number of methoxy groups -OCH3 is 1. The molecule has 0 saturated carbocycles. The second-order valence-electron chi connectivity index (χ2n) is 4.43. The largest absolute Gasteiger partial charge is 0.496 e. The molecule has 2 N–H and O–H groups in total. The average Bonchev–Trinajstić information content (AvgIpc) is 2.53. The van der Waals surface area contributed by atoms with E-state index in [1.54, 1.807) is 19.2 Å². The SMILES string of the molecule is COc1ccccc1[C@@H](C)NNC(=O)c1ccccc1. The Balaban J connectivity index is 1.99. The Labute approximate surface area is 118 Å². The highest BCUT2D eigenvalue weighted by Gasteiger charge is 2.11. The van der Waals surface area contributed by atoms with Crippen molar-refractivity contribution in [2.24, 2.45) is 0 Å². The van der Waals surface area contributed by atoms with Gasteiger partial charge in [0.2, 0.25) is 0 Å². The number of amides is 1. The summed E-state index contributed by atoms with van der Waals surface area (Å²) in [6.45, 7) is 1.96. The van der Waals surface area contributed by atoms with Crippen molar-refractivity contribution in [3.63, 3.8) is 0 Å². The Morgan fingerprint density at radius 1 is 1.05 bits per heavy atom. The number of nitrogens with one attached hydrogen (secondary N) is 2. The zero-order chi connectivity index (χ0) is 14.4. The van der Waals surface area contributed by atoms with Gasteiger partial charge in [-0.1, -0.05) is 36.4 Å². The van der Waals surface area contributed by atoms with Crippen LogP contribution in [-0.2, 0) is 0 Å². The molecule has 20 heavy (non-hydrogen) atoms. The summed E-state index contributed by atoms with van der Waals surface area (Å²) in [6, 6.07) is 16.7. The molecule has 0 radical (unpaired) electrons. The molecule has 0 aromatic heterocycles. The minimum Gasteiger partial charge on any atom is -0.496 e. The van der Waals surface area contributed by atoms with Crippen molar-refractivity contribution in [3.8, 4) is 5.75 Å². The van der Waals surface area contributed by atoms with E-state index in [0.717, 1.165) is 11.3 Å². The molecule has 0 saturated heterocycles. The van der Waals surface area contributed by atoms with Gasteiger partial charge < -0.3 is 4.74 Å². The molecular formula is C16H18N2O2. The van der Waals surface area contributed by atoms with Crippen molar-refractivity contribution >= 4 is 5.91 Å². The summed E-state index contributed by atoms with van der Waals surface area (Å²) in [6.07, 6.45) is 0. The van der Waals surface area contributed by atoms with Crippen LogP contribution in [0, 0.1) is 0 Å². The molecule has 2 rings (SSSR count). The lowest BCUT2D eigenvalue weighted by Gasteiger charge is -2.17.